The number of benzene rings is 2. The van der Waals surface area contributed by atoms with Gasteiger partial charge in [0, 0.05) is 17.5 Å². The van der Waals surface area contributed by atoms with E-state index in [1.807, 2.05) is 31.4 Å². The van der Waals surface area contributed by atoms with Gasteiger partial charge in [-0.3, -0.25) is 9.59 Å². The SMILES string of the molecule is CCC(C)N(CC(=O)N(Cc1ccc(F)cc1)Cc1cccs1)C(=O)c1ccccc1OC. The summed E-state index contributed by atoms with van der Waals surface area (Å²) in [6, 6.07) is 16.9. The highest BCUT2D eigenvalue weighted by molar-refractivity contribution is 7.09. The number of thiophene rings is 1. The lowest BCUT2D eigenvalue weighted by atomic mass is 10.1. The van der Waals surface area contributed by atoms with E-state index in [1.165, 1.54) is 19.2 Å². The molecule has 2 aromatic carbocycles. The van der Waals surface area contributed by atoms with Gasteiger partial charge in [-0.05, 0) is 54.6 Å². The molecule has 0 saturated carbocycles. The molecule has 33 heavy (non-hydrogen) atoms. The molecular weight excluding hydrogens is 439 g/mol. The van der Waals surface area contributed by atoms with Gasteiger partial charge in [0.05, 0.1) is 19.2 Å². The number of methoxy groups -OCH3 is 1. The van der Waals surface area contributed by atoms with Crippen LogP contribution in [0.1, 0.15) is 41.1 Å². The molecule has 5 nitrogen and oxygen atoms in total. The van der Waals surface area contributed by atoms with Crippen LogP contribution in [0.3, 0.4) is 0 Å². The molecule has 2 amide bonds. The summed E-state index contributed by atoms with van der Waals surface area (Å²) in [6.07, 6.45) is 0.705. The van der Waals surface area contributed by atoms with Crippen LogP contribution in [0.25, 0.3) is 0 Å². The third kappa shape index (κ3) is 6.42. The third-order valence-electron chi connectivity index (χ3n) is 5.59. The molecule has 1 aromatic heterocycles. The number of hydrogen-bond acceptors (Lipinski definition) is 4. The van der Waals surface area contributed by atoms with Crippen LogP contribution in [0, 0.1) is 5.82 Å². The quantitative estimate of drug-likeness (QED) is 0.402. The summed E-state index contributed by atoms with van der Waals surface area (Å²) in [7, 11) is 1.52. The van der Waals surface area contributed by atoms with E-state index in [4.69, 9.17) is 4.74 Å². The first-order valence-corrected chi connectivity index (χ1v) is 11.8. The second-order valence-electron chi connectivity index (χ2n) is 7.85. The highest BCUT2D eigenvalue weighted by Gasteiger charge is 2.27. The van der Waals surface area contributed by atoms with Gasteiger partial charge in [-0.1, -0.05) is 37.3 Å². The zero-order chi connectivity index (χ0) is 23.8. The maximum absolute atomic E-state index is 13.5. The van der Waals surface area contributed by atoms with E-state index in [1.54, 1.807) is 57.5 Å². The summed E-state index contributed by atoms with van der Waals surface area (Å²) in [5, 5.41) is 1.96. The predicted octanol–water partition coefficient (Wildman–Crippen LogP) is 5.37. The smallest absolute Gasteiger partial charge is 0.258 e. The van der Waals surface area contributed by atoms with Crippen LogP contribution in [0.15, 0.2) is 66.0 Å². The topological polar surface area (TPSA) is 49.9 Å². The van der Waals surface area contributed by atoms with Gasteiger partial charge < -0.3 is 14.5 Å². The van der Waals surface area contributed by atoms with Crippen LogP contribution < -0.4 is 4.74 Å². The molecule has 0 radical (unpaired) electrons. The molecule has 1 atom stereocenters. The summed E-state index contributed by atoms with van der Waals surface area (Å²) in [5.41, 5.74) is 1.25. The number of hydrogen-bond donors (Lipinski definition) is 0. The van der Waals surface area contributed by atoms with Crippen molar-refractivity contribution in [2.75, 3.05) is 13.7 Å². The summed E-state index contributed by atoms with van der Waals surface area (Å²) in [4.78, 5) is 31.3. The van der Waals surface area contributed by atoms with E-state index < -0.39 is 0 Å². The molecular formula is C26H29FN2O3S. The summed E-state index contributed by atoms with van der Waals surface area (Å²) < 4.78 is 18.7. The zero-order valence-corrected chi connectivity index (χ0v) is 20.0. The fraction of sp³-hybridized carbons (Fsp3) is 0.308. The number of carbonyl (C=O) groups is 2. The molecule has 0 aliphatic carbocycles. The number of para-hydroxylation sites is 1. The van der Waals surface area contributed by atoms with Crippen LogP contribution in [0.2, 0.25) is 0 Å². The molecule has 3 aromatic rings. The Morgan fingerprint density at radius 3 is 2.39 bits per heavy atom. The van der Waals surface area contributed by atoms with Crippen molar-refractivity contribution in [2.45, 2.75) is 39.4 Å². The Morgan fingerprint density at radius 1 is 1.03 bits per heavy atom. The molecule has 0 aliphatic heterocycles. The van der Waals surface area contributed by atoms with Crippen molar-refractivity contribution in [1.82, 2.24) is 9.80 Å². The summed E-state index contributed by atoms with van der Waals surface area (Å²) >= 11 is 1.57. The van der Waals surface area contributed by atoms with E-state index in [0.717, 1.165) is 10.4 Å². The lowest BCUT2D eigenvalue weighted by Gasteiger charge is -2.31. The minimum Gasteiger partial charge on any atom is -0.496 e. The first-order valence-electron chi connectivity index (χ1n) is 10.9. The predicted molar refractivity (Wildman–Crippen MR) is 129 cm³/mol. The van der Waals surface area contributed by atoms with Crippen molar-refractivity contribution < 1.29 is 18.7 Å². The van der Waals surface area contributed by atoms with Gasteiger partial charge in [0.1, 0.15) is 18.1 Å². The first-order chi connectivity index (χ1) is 15.9. The van der Waals surface area contributed by atoms with Crippen LogP contribution >= 0.6 is 11.3 Å². The van der Waals surface area contributed by atoms with Crippen molar-refractivity contribution >= 4 is 23.2 Å². The van der Waals surface area contributed by atoms with Gasteiger partial charge in [-0.15, -0.1) is 11.3 Å². The largest absolute Gasteiger partial charge is 0.496 e. The van der Waals surface area contributed by atoms with Gasteiger partial charge in [0.2, 0.25) is 5.91 Å². The Balaban J connectivity index is 1.85. The fourth-order valence-corrected chi connectivity index (χ4v) is 4.22. The molecule has 0 saturated heterocycles. The maximum Gasteiger partial charge on any atom is 0.258 e. The molecule has 3 rings (SSSR count). The molecule has 0 spiro atoms. The molecule has 7 heteroatoms. The maximum atomic E-state index is 13.5. The number of amides is 2. The Bertz CT molecular complexity index is 1050. The zero-order valence-electron chi connectivity index (χ0n) is 19.2. The third-order valence-corrected chi connectivity index (χ3v) is 6.45. The molecule has 0 fully saturated rings. The van der Waals surface area contributed by atoms with E-state index in [2.05, 4.69) is 0 Å². The molecule has 174 valence electrons. The van der Waals surface area contributed by atoms with Crippen LogP contribution in [0.4, 0.5) is 4.39 Å². The Kier molecular flexibility index (Phi) is 8.60. The standard InChI is InChI=1S/C26H29FN2O3S/c1-4-19(2)29(26(31)23-9-5-6-10-24(23)32-3)18-25(30)28(17-22-8-7-15-33-22)16-20-11-13-21(27)14-12-20/h5-15,19H,4,16-18H2,1-3H3. The molecule has 0 N–H and O–H groups in total. The van der Waals surface area contributed by atoms with Gasteiger partial charge in [-0.2, -0.15) is 0 Å². The first kappa shape index (κ1) is 24.5. The Morgan fingerprint density at radius 2 is 1.76 bits per heavy atom. The van der Waals surface area contributed by atoms with Crippen LogP contribution in [-0.2, 0) is 17.9 Å². The van der Waals surface area contributed by atoms with Gasteiger partial charge in [0.25, 0.3) is 5.91 Å². The molecule has 1 heterocycles. The van der Waals surface area contributed by atoms with Crippen molar-refractivity contribution in [3.63, 3.8) is 0 Å². The summed E-state index contributed by atoms with van der Waals surface area (Å²) in [5.74, 6) is -0.255. The van der Waals surface area contributed by atoms with Crippen LogP contribution in [-0.4, -0.2) is 41.3 Å². The molecule has 1 unspecified atom stereocenters. The highest BCUT2D eigenvalue weighted by atomic mass is 32.1. The minimum absolute atomic E-state index is 0.0571. The van der Waals surface area contributed by atoms with Crippen molar-refractivity contribution in [3.8, 4) is 5.75 Å². The van der Waals surface area contributed by atoms with E-state index in [9.17, 15) is 14.0 Å². The van der Waals surface area contributed by atoms with Crippen molar-refractivity contribution in [1.29, 1.82) is 0 Å². The number of nitrogens with zero attached hydrogens (tertiary/aromatic N) is 2. The lowest BCUT2D eigenvalue weighted by molar-refractivity contribution is -0.133. The number of rotatable bonds is 10. The van der Waals surface area contributed by atoms with Gasteiger partial charge in [0.15, 0.2) is 0 Å². The van der Waals surface area contributed by atoms with Gasteiger partial charge >= 0.3 is 0 Å². The fourth-order valence-electron chi connectivity index (χ4n) is 3.50. The van der Waals surface area contributed by atoms with E-state index in [-0.39, 0.29) is 30.2 Å². The second-order valence-corrected chi connectivity index (χ2v) is 8.88. The van der Waals surface area contributed by atoms with Gasteiger partial charge in [-0.25, -0.2) is 4.39 Å². The normalized spacial score (nSPS) is 11.6. The van der Waals surface area contributed by atoms with E-state index >= 15 is 0 Å². The molecule has 0 bridgehead atoms. The monoisotopic (exact) mass is 468 g/mol. The number of carbonyl (C=O) groups excluding carboxylic acids is 2. The average molecular weight is 469 g/mol. The van der Waals surface area contributed by atoms with E-state index in [0.29, 0.717) is 30.8 Å². The minimum atomic E-state index is -0.319. The Labute approximate surface area is 198 Å². The average Bonchev–Trinajstić information content (AvgIpc) is 3.35. The number of halogens is 1. The van der Waals surface area contributed by atoms with Crippen molar-refractivity contribution in [2.24, 2.45) is 0 Å². The molecule has 0 aliphatic rings. The van der Waals surface area contributed by atoms with Crippen LogP contribution in [0.5, 0.6) is 5.75 Å². The van der Waals surface area contributed by atoms with Crippen molar-refractivity contribution in [3.05, 3.63) is 87.9 Å². The number of ether oxygens (including phenoxy) is 1. The highest BCUT2D eigenvalue weighted by Crippen LogP contribution is 2.22. The second kappa shape index (κ2) is 11.6. The Hall–Kier alpha value is -3.19. The lowest BCUT2D eigenvalue weighted by Crippen LogP contribution is -2.46. The summed E-state index contributed by atoms with van der Waals surface area (Å²) in [6.45, 7) is 4.61.